The van der Waals surface area contributed by atoms with Gasteiger partial charge in [0.2, 0.25) is 0 Å². The zero-order chi connectivity index (χ0) is 14.7. The molecule has 2 rings (SSSR count). The van der Waals surface area contributed by atoms with E-state index in [-0.39, 0.29) is 16.4 Å². The maximum Gasteiger partial charge on any atom is 0.356 e. The predicted molar refractivity (Wildman–Crippen MR) is 75.9 cm³/mol. The van der Waals surface area contributed by atoms with Crippen molar-refractivity contribution >= 4 is 28.2 Å². The van der Waals surface area contributed by atoms with Gasteiger partial charge in [0.1, 0.15) is 4.88 Å². The van der Waals surface area contributed by atoms with Gasteiger partial charge in [0.15, 0.2) is 16.6 Å². The molecular formula is C13H18N2O4S. The summed E-state index contributed by atoms with van der Waals surface area (Å²) in [7, 11) is 1.81. The van der Waals surface area contributed by atoms with Crippen LogP contribution in [0.3, 0.4) is 0 Å². The molecule has 7 heteroatoms. The van der Waals surface area contributed by atoms with E-state index in [1.165, 1.54) is 19.8 Å². The van der Waals surface area contributed by atoms with Gasteiger partial charge in [-0.15, -0.1) is 0 Å². The highest BCUT2D eigenvalue weighted by molar-refractivity contribution is 7.17. The molecule has 0 atom stereocenters. The standard InChI is InChI=1S/C13H18N2O4S/c1-8(16)11-10(12(17)18)14-13(20-11)15(2)5-6-19-7-9-3-4-9/h9H,3-7H2,1-2H3,(H,17,18). The van der Waals surface area contributed by atoms with Gasteiger partial charge >= 0.3 is 5.97 Å². The van der Waals surface area contributed by atoms with Crippen LogP contribution in [0.4, 0.5) is 5.13 Å². The largest absolute Gasteiger partial charge is 0.476 e. The summed E-state index contributed by atoms with van der Waals surface area (Å²) in [5, 5.41) is 9.57. The lowest BCUT2D eigenvalue weighted by Crippen LogP contribution is -2.23. The lowest BCUT2D eigenvalue weighted by molar-refractivity contribution is 0.0687. The van der Waals surface area contributed by atoms with Crippen molar-refractivity contribution in [3.63, 3.8) is 0 Å². The fraction of sp³-hybridized carbons (Fsp3) is 0.615. The summed E-state index contributed by atoms with van der Waals surface area (Å²) < 4.78 is 5.53. The highest BCUT2D eigenvalue weighted by atomic mass is 32.1. The Balaban J connectivity index is 1.94. The molecule has 20 heavy (non-hydrogen) atoms. The number of carbonyl (C=O) groups is 2. The molecule has 1 fully saturated rings. The van der Waals surface area contributed by atoms with Crippen LogP contribution in [0.15, 0.2) is 0 Å². The number of anilines is 1. The second-order valence-corrected chi connectivity index (χ2v) is 5.95. The topological polar surface area (TPSA) is 79.7 Å². The van der Waals surface area contributed by atoms with Gasteiger partial charge in [-0.1, -0.05) is 11.3 Å². The molecule has 0 spiro atoms. The first-order chi connectivity index (χ1) is 9.49. The van der Waals surface area contributed by atoms with Crippen molar-refractivity contribution < 1.29 is 19.4 Å². The molecule has 0 saturated heterocycles. The first kappa shape index (κ1) is 14.9. The van der Waals surface area contributed by atoms with Gasteiger partial charge < -0.3 is 14.7 Å². The highest BCUT2D eigenvalue weighted by Gasteiger charge is 2.23. The number of nitrogens with zero attached hydrogens (tertiary/aromatic N) is 2. The number of rotatable bonds is 8. The number of ketones is 1. The van der Waals surface area contributed by atoms with Gasteiger partial charge in [0.25, 0.3) is 0 Å². The molecule has 0 amide bonds. The van der Waals surface area contributed by atoms with E-state index in [1.807, 2.05) is 11.9 Å². The van der Waals surface area contributed by atoms with Crippen LogP contribution in [0.25, 0.3) is 0 Å². The summed E-state index contributed by atoms with van der Waals surface area (Å²) in [6, 6.07) is 0. The monoisotopic (exact) mass is 298 g/mol. The summed E-state index contributed by atoms with van der Waals surface area (Å²) in [6.45, 7) is 3.34. The molecule has 6 nitrogen and oxygen atoms in total. The second-order valence-electron chi connectivity index (χ2n) is 4.98. The van der Waals surface area contributed by atoms with E-state index in [1.54, 1.807) is 0 Å². The number of aromatic carboxylic acids is 1. The Bertz CT molecular complexity index is 479. The van der Waals surface area contributed by atoms with Crippen LogP contribution >= 0.6 is 11.3 Å². The van der Waals surface area contributed by atoms with Gasteiger partial charge in [-0.25, -0.2) is 9.78 Å². The molecule has 1 heterocycles. The molecule has 1 saturated carbocycles. The number of hydrogen-bond donors (Lipinski definition) is 1. The average Bonchev–Trinajstić information content (AvgIpc) is 3.08. The van der Waals surface area contributed by atoms with Gasteiger partial charge in [-0.3, -0.25) is 4.79 Å². The Hall–Kier alpha value is -1.47. The molecule has 0 radical (unpaired) electrons. The summed E-state index contributed by atoms with van der Waals surface area (Å²) in [4.78, 5) is 28.5. The highest BCUT2D eigenvalue weighted by Crippen LogP contribution is 2.29. The SMILES string of the molecule is CC(=O)c1sc(N(C)CCOCC2CC2)nc1C(=O)O. The van der Waals surface area contributed by atoms with E-state index in [0.29, 0.717) is 18.3 Å². The van der Waals surface area contributed by atoms with Crippen LogP contribution in [0, 0.1) is 5.92 Å². The van der Waals surface area contributed by atoms with Crippen LogP contribution in [0.5, 0.6) is 0 Å². The van der Waals surface area contributed by atoms with Crippen LogP contribution < -0.4 is 4.90 Å². The Kier molecular flexibility index (Phi) is 4.72. The van der Waals surface area contributed by atoms with Crippen molar-refractivity contribution in [3.05, 3.63) is 10.6 Å². The fourth-order valence-electron chi connectivity index (χ4n) is 1.69. The lowest BCUT2D eigenvalue weighted by atomic mass is 10.3. The molecular weight excluding hydrogens is 280 g/mol. The van der Waals surface area contributed by atoms with Crippen molar-refractivity contribution in [1.29, 1.82) is 0 Å². The molecule has 1 aromatic heterocycles. The summed E-state index contributed by atoms with van der Waals surface area (Å²) in [5.74, 6) is -0.719. The third-order valence-corrected chi connectivity index (χ3v) is 4.36. The third-order valence-electron chi connectivity index (χ3n) is 3.09. The molecule has 1 aromatic rings. The Morgan fingerprint density at radius 1 is 1.50 bits per heavy atom. The molecule has 1 aliphatic carbocycles. The third kappa shape index (κ3) is 3.77. The van der Waals surface area contributed by atoms with E-state index in [4.69, 9.17) is 9.84 Å². The minimum atomic E-state index is -1.17. The summed E-state index contributed by atoms with van der Waals surface area (Å²) in [5.41, 5.74) is -0.164. The van der Waals surface area contributed by atoms with Gasteiger partial charge in [0, 0.05) is 27.1 Å². The van der Waals surface area contributed by atoms with Crippen LogP contribution in [-0.4, -0.2) is 48.6 Å². The number of thiazole rings is 1. The lowest BCUT2D eigenvalue weighted by Gasteiger charge is -2.15. The van der Waals surface area contributed by atoms with Gasteiger partial charge in [0.05, 0.1) is 6.61 Å². The van der Waals surface area contributed by atoms with Crippen molar-refractivity contribution in [2.24, 2.45) is 5.92 Å². The average molecular weight is 298 g/mol. The minimum absolute atomic E-state index is 0.164. The number of hydrogen-bond acceptors (Lipinski definition) is 6. The number of likely N-dealkylation sites (N-methyl/N-ethyl adjacent to an activating group) is 1. The number of ether oxygens (including phenoxy) is 1. The number of aromatic nitrogens is 1. The van der Waals surface area contributed by atoms with E-state index < -0.39 is 5.97 Å². The van der Waals surface area contributed by atoms with E-state index in [0.717, 1.165) is 23.9 Å². The second kappa shape index (κ2) is 6.32. The zero-order valence-corrected chi connectivity index (χ0v) is 12.4. The van der Waals surface area contributed by atoms with Gasteiger partial charge in [-0.05, 0) is 18.8 Å². The molecule has 110 valence electrons. The number of carboxylic acids is 1. The zero-order valence-electron chi connectivity index (χ0n) is 11.6. The quantitative estimate of drug-likeness (QED) is 0.583. The fourth-order valence-corrected chi connectivity index (χ4v) is 2.63. The van der Waals surface area contributed by atoms with Crippen molar-refractivity contribution in [1.82, 2.24) is 4.98 Å². The van der Waals surface area contributed by atoms with Crippen molar-refractivity contribution in [2.45, 2.75) is 19.8 Å². The van der Waals surface area contributed by atoms with Crippen LogP contribution in [0.2, 0.25) is 0 Å². The Morgan fingerprint density at radius 2 is 2.20 bits per heavy atom. The molecule has 1 aliphatic rings. The molecule has 0 bridgehead atoms. The first-order valence-corrected chi connectivity index (χ1v) is 7.34. The first-order valence-electron chi connectivity index (χ1n) is 6.53. The molecule has 0 aromatic carbocycles. The Morgan fingerprint density at radius 3 is 2.70 bits per heavy atom. The summed E-state index contributed by atoms with van der Waals surface area (Å²) in [6.07, 6.45) is 2.51. The molecule has 0 aliphatic heterocycles. The predicted octanol–water partition coefficient (Wildman–Crippen LogP) is 1.91. The molecule has 1 N–H and O–H groups in total. The smallest absolute Gasteiger partial charge is 0.356 e. The minimum Gasteiger partial charge on any atom is -0.476 e. The van der Waals surface area contributed by atoms with Crippen molar-refractivity contribution in [3.8, 4) is 0 Å². The van der Waals surface area contributed by atoms with Crippen molar-refractivity contribution in [2.75, 3.05) is 31.7 Å². The summed E-state index contributed by atoms with van der Waals surface area (Å²) >= 11 is 1.11. The van der Waals surface area contributed by atoms with Crippen LogP contribution in [0.1, 0.15) is 39.9 Å². The number of carbonyl (C=O) groups excluding carboxylic acids is 1. The van der Waals surface area contributed by atoms with Gasteiger partial charge in [-0.2, -0.15) is 0 Å². The van der Waals surface area contributed by atoms with E-state index in [2.05, 4.69) is 4.98 Å². The van der Waals surface area contributed by atoms with Crippen LogP contribution in [-0.2, 0) is 4.74 Å². The maximum absolute atomic E-state index is 11.4. The Labute approximate surface area is 121 Å². The molecule has 0 unspecified atom stereocenters. The van der Waals surface area contributed by atoms with E-state index >= 15 is 0 Å². The maximum atomic E-state index is 11.4. The number of carboxylic acid groups (broad SMARTS) is 1. The van der Waals surface area contributed by atoms with E-state index in [9.17, 15) is 9.59 Å². The normalized spacial score (nSPS) is 14.3. The number of Topliss-reactive ketones (excluding diaryl/α,β-unsaturated/α-hetero) is 1.